The van der Waals surface area contributed by atoms with E-state index >= 15 is 0 Å². The highest BCUT2D eigenvalue weighted by atomic mass is 16.3. The summed E-state index contributed by atoms with van der Waals surface area (Å²) in [5, 5.41) is 10.8. The molecule has 1 heterocycles. The van der Waals surface area contributed by atoms with Crippen LogP contribution in [0.2, 0.25) is 0 Å². The molecule has 1 aliphatic rings. The van der Waals surface area contributed by atoms with Crippen LogP contribution in [0.25, 0.3) is 0 Å². The van der Waals surface area contributed by atoms with Gasteiger partial charge in [-0.05, 0) is 41.7 Å². The molecule has 0 spiro atoms. The second-order valence-corrected chi connectivity index (χ2v) is 4.25. The molecule has 0 saturated carbocycles. The number of fused-ring (bicyclic) bond motifs is 1. The number of pyridine rings is 1. The van der Waals surface area contributed by atoms with Crippen LogP contribution in [0.1, 0.15) is 23.1 Å². The first-order valence-electron chi connectivity index (χ1n) is 5.52. The van der Waals surface area contributed by atoms with Gasteiger partial charge in [0.05, 0.1) is 0 Å². The van der Waals surface area contributed by atoms with Gasteiger partial charge in [-0.3, -0.25) is 4.98 Å². The molecule has 0 fully saturated rings. The lowest BCUT2D eigenvalue weighted by Crippen LogP contribution is -2.23. The van der Waals surface area contributed by atoms with Crippen molar-refractivity contribution in [3.05, 3.63) is 65.5 Å². The summed E-state index contributed by atoms with van der Waals surface area (Å²) < 4.78 is 0. The summed E-state index contributed by atoms with van der Waals surface area (Å²) >= 11 is 0. The van der Waals surface area contributed by atoms with E-state index in [4.69, 9.17) is 0 Å². The minimum absolute atomic E-state index is 0.760. The van der Waals surface area contributed by atoms with Gasteiger partial charge in [0.2, 0.25) is 0 Å². The van der Waals surface area contributed by atoms with Gasteiger partial charge in [-0.2, -0.15) is 0 Å². The summed E-state index contributed by atoms with van der Waals surface area (Å²) in [6, 6.07) is 11.9. The molecule has 0 bridgehead atoms. The number of rotatable bonds is 1. The van der Waals surface area contributed by atoms with Gasteiger partial charge in [0.15, 0.2) is 0 Å². The largest absolute Gasteiger partial charge is 0.380 e. The molecule has 0 aliphatic heterocycles. The Morgan fingerprint density at radius 3 is 2.62 bits per heavy atom. The van der Waals surface area contributed by atoms with Crippen molar-refractivity contribution in [2.45, 2.75) is 18.4 Å². The predicted molar refractivity (Wildman–Crippen MR) is 62.0 cm³/mol. The maximum atomic E-state index is 10.8. The second kappa shape index (κ2) is 3.42. The van der Waals surface area contributed by atoms with Crippen molar-refractivity contribution in [3.8, 4) is 0 Å². The van der Waals surface area contributed by atoms with Crippen LogP contribution in [0.3, 0.4) is 0 Å². The molecule has 1 N–H and O–H groups in total. The van der Waals surface area contributed by atoms with Crippen molar-refractivity contribution in [1.82, 2.24) is 4.98 Å². The van der Waals surface area contributed by atoms with Crippen molar-refractivity contribution >= 4 is 0 Å². The van der Waals surface area contributed by atoms with Crippen molar-refractivity contribution in [1.29, 1.82) is 0 Å². The first-order valence-corrected chi connectivity index (χ1v) is 5.52. The Labute approximate surface area is 94.6 Å². The van der Waals surface area contributed by atoms with Crippen LogP contribution in [0, 0.1) is 0 Å². The zero-order valence-corrected chi connectivity index (χ0v) is 8.93. The Hall–Kier alpha value is -1.67. The number of aryl methyl sites for hydroxylation is 1. The molecule has 16 heavy (non-hydrogen) atoms. The molecule has 0 amide bonds. The van der Waals surface area contributed by atoms with Crippen LogP contribution in [-0.4, -0.2) is 10.1 Å². The van der Waals surface area contributed by atoms with E-state index in [2.05, 4.69) is 11.1 Å². The molecular weight excluding hydrogens is 198 g/mol. The Morgan fingerprint density at radius 2 is 1.81 bits per heavy atom. The fraction of sp³-hybridized carbons (Fsp3) is 0.214. The van der Waals surface area contributed by atoms with Crippen LogP contribution in [0.15, 0.2) is 48.8 Å². The van der Waals surface area contributed by atoms with Gasteiger partial charge in [-0.1, -0.05) is 24.3 Å². The van der Waals surface area contributed by atoms with Crippen LogP contribution in [0.5, 0.6) is 0 Å². The highest BCUT2D eigenvalue weighted by Crippen LogP contribution is 2.41. The van der Waals surface area contributed by atoms with E-state index in [-0.39, 0.29) is 0 Å². The molecule has 1 aromatic heterocycles. The molecule has 0 saturated heterocycles. The van der Waals surface area contributed by atoms with Gasteiger partial charge in [0.25, 0.3) is 0 Å². The third-order valence-electron chi connectivity index (χ3n) is 3.38. The van der Waals surface area contributed by atoms with Crippen LogP contribution in [0.4, 0.5) is 0 Å². The number of benzene rings is 1. The molecule has 2 aromatic rings. The van der Waals surface area contributed by atoms with Gasteiger partial charge >= 0.3 is 0 Å². The van der Waals surface area contributed by atoms with Gasteiger partial charge in [-0.25, -0.2) is 0 Å². The lowest BCUT2D eigenvalue weighted by Gasteiger charge is -2.24. The number of hydrogen-bond donors (Lipinski definition) is 1. The van der Waals surface area contributed by atoms with E-state index in [0.29, 0.717) is 0 Å². The Morgan fingerprint density at radius 1 is 1.06 bits per heavy atom. The minimum atomic E-state index is -0.820. The Bertz CT molecular complexity index is 509. The maximum Gasteiger partial charge on any atom is 0.115 e. The molecule has 0 radical (unpaired) electrons. The summed E-state index contributed by atoms with van der Waals surface area (Å²) in [7, 11) is 0. The van der Waals surface area contributed by atoms with Crippen molar-refractivity contribution < 1.29 is 5.11 Å². The maximum absolute atomic E-state index is 10.8. The monoisotopic (exact) mass is 211 g/mol. The lowest BCUT2D eigenvalue weighted by molar-refractivity contribution is 0.0828. The van der Waals surface area contributed by atoms with E-state index in [1.165, 1.54) is 5.56 Å². The normalized spacial score (nSPS) is 23.1. The zero-order chi connectivity index (χ0) is 11.0. The smallest absolute Gasteiger partial charge is 0.115 e. The lowest BCUT2D eigenvalue weighted by atomic mass is 9.89. The SMILES string of the molecule is O[C@]1(c2ccncc2)CCc2ccccc21. The third kappa shape index (κ3) is 1.27. The molecule has 1 aliphatic carbocycles. The fourth-order valence-electron chi connectivity index (χ4n) is 2.52. The van der Waals surface area contributed by atoms with Crippen molar-refractivity contribution in [2.24, 2.45) is 0 Å². The minimum Gasteiger partial charge on any atom is -0.380 e. The second-order valence-electron chi connectivity index (χ2n) is 4.25. The molecule has 1 aromatic carbocycles. The average Bonchev–Trinajstić information content (AvgIpc) is 2.71. The first-order chi connectivity index (χ1) is 7.81. The third-order valence-corrected chi connectivity index (χ3v) is 3.38. The van der Waals surface area contributed by atoms with E-state index < -0.39 is 5.60 Å². The summed E-state index contributed by atoms with van der Waals surface area (Å²) in [6.45, 7) is 0. The zero-order valence-electron chi connectivity index (χ0n) is 8.93. The summed E-state index contributed by atoms with van der Waals surface area (Å²) in [4.78, 5) is 3.99. The first kappa shape index (κ1) is 9.55. The highest BCUT2D eigenvalue weighted by molar-refractivity contribution is 5.44. The van der Waals surface area contributed by atoms with Crippen LogP contribution < -0.4 is 0 Å². The van der Waals surface area contributed by atoms with E-state index in [1.54, 1.807) is 12.4 Å². The number of aliphatic hydroxyl groups is 1. The molecule has 3 rings (SSSR count). The molecule has 80 valence electrons. The molecule has 0 unspecified atom stereocenters. The number of aromatic nitrogens is 1. The number of hydrogen-bond acceptors (Lipinski definition) is 2. The van der Waals surface area contributed by atoms with E-state index in [9.17, 15) is 5.11 Å². The predicted octanol–water partition coefficient (Wildman–Crippen LogP) is 2.26. The van der Waals surface area contributed by atoms with Crippen LogP contribution in [-0.2, 0) is 12.0 Å². The fourth-order valence-corrected chi connectivity index (χ4v) is 2.52. The van der Waals surface area contributed by atoms with Crippen LogP contribution >= 0.6 is 0 Å². The van der Waals surface area contributed by atoms with Gasteiger partial charge in [-0.15, -0.1) is 0 Å². The standard InChI is InChI=1S/C14H13NO/c16-14(12-6-9-15-10-7-12)8-5-11-3-1-2-4-13(11)14/h1-4,6-7,9-10,16H,5,8H2/t14-/m0/s1. The molecule has 2 heteroatoms. The average molecular weight is 211 g/mol. The van der Waals surface area contributed by atoms with E-state index in [0.717, 1.165) is 24.0 Å². The number of nitrogens with zero attached hydrogens (tertiary/aromatic N) is 1. The summed E-state index contributed by atoms with van der Waals surface area (Å²) in [5.74, 6) is 0. The summed E-state index contributed by atoms with van der Waals surface area (Å²) in [6.07, 6.45) is 5.16. The highest BCUT2D eigenvalue weighted by Gasteiger charge is 2.37. The topological polar surface area (TPSA) is 33.1 Å². The Balaban J connectivity index is 2.15. The Kier molecular flexibility index (Phi) is 2.04. The van der Waals surface area contributed by atoms with Gasteiger partial charge < -0.3 is 5.11 Å². The molecular formula is C14H13NO. The van der Waals surface area contributed by atoms with Crippen molar-refractivity contribution in [2.75, 3.05) is 0 Å². The summed E-state index contributed by atoms with van der Waals surface area (Å²) in [5.41, 5.74) is 2.41. The molecule has 2 nitrogen and oxygen atoms in total. The quantitative estimate of drug-likeness (QED) is 0.785. The van der Waals surface area contributed by atoms with Gasteiger partial charge in [0, 0.05) is 12.4 Å². The van der Waals surface area contributed by atoms with Crippen molar-refractivity contribution in [3.63, 3.8) is 0 Å². The molecule has 1 atom stereocenters. The van der Waals surface area contributed by atoms with E-state index in [1.807, 2.05) is 30.3 Å². The van der Waals surface area contributed by atoms with Gasteiger partial charge in [0.1, 0.15) is 5.60 Å².